The molecule has 62 valence electrons. The van der Waals surface area contributed by atoms with E-state index in [1.54, 1.807) is 6.20 Å². The van der Waals surface area contributed by atoms with E-state index in [4.69, 9.17) is 11.0 Å². The molecule has 0 aliphatic heterocycles. The zero-order valence-electron chi connectivity index (χ0n) is 6.86. The van der Waals surface area contributed by atoms with Gasteiger partial charge in [-0.1, -0.05) is 24.3 Å². The molecule has 0 unspecified atom stereocenters. The molecule has 13 heavy (non-hydrogen) atoms. The minimum absolute atomic E-state index is 0.290. The maximum absolute atomic E-state index is 8.69. The average Bonchev–Trinajstić information content (AvgIpc) is 2.19. The van der Waals surface area contributed by atoms with Gasteiger partial charge in [0.15, 0.2) is 5.69 Å². The normalized spacial score (nSPS) is 9.77. The van der Waals surface area contributed by atoms with Crippen LogP contribution < -0.4 is 5.73 Å². The quantitative estimate of drug-likeness (QED) is 0.652. The molecule has 1 aromatic heterocycles. The number of pyridine rings is 1. The second-order valence-electron chi connectivity index (χ2n) is 2.72. The fourth-order valence-electron chi connectivity index (χ4n) is 1.28. The summed E-state index contributed by atoms with van der Waals surface area (Å²) in [5.74, 6) is 0. The predicted octanol–water partition coefficient (Wildman–Crippen LogP) is 1.69. The van der Waals surface area contributed by atoms with Crippen molar-refractivity contribution >= 4 is 16.5 Å². The fourth-order valence-corrected chi connectivity index (χ4v) is 1.28. The Kier molecular flexibility index (Phi) is 1.60. The number of rotatable bonds is 0. The van der Waals surface area contributed by atoms with E-state index >= 15 is 0 Å². The lowest BCUT2D eigenvalue weighted by Crippen LogP contribution is -1.94. The van der Waals surface area contributed by atoms with Crippen molar-refractivity contribution in [2.45, 2.75) is 0 Å². The minimum atomic E-state index is 0.290. The summed E-state index contributed by atoms with van der Waals surface area (Å²) >= 11 is 0. The summed E-state index contributed by atoms with van der Waals surface area (Å²) in [6.45, 7) is 0. The van der Waals surface area contributed by atoms with Gasteiger partial charge < -0.3 is 5.73 Å². The molecule has 0 saturated carbocycles. The Labute approximate surface area is 75.4 Å². The van der Waals surface area contributed by atoms with Crippen molar-refractivity contribution in [3.8, 4) is 6.07 Å². The highest BCUT2D eigenvalue weighted by Gasteiger charge is 2.03. The number of anilines is 1. The van der Waals surface area contributed by atoms with E-state index in [1.165, 1.54) is 0 Å². The molecule has 0 spiro atoms. The molecule has 1 aromatic carbocycles. The SMILES string of the molecule is N#Cc1ncc2ccccc2c1N. The Morgan fingerprint density at radius 3 is 2.85 bits per heavy atom. The van der Waals surface area contributed by atoms with Crippen molar-refractivity contribution in [2.75, 3.05) is 5.73 Å². The smallest absolute Gasteiger partial charge is 0.164 e. The Morgan fingerprint density at radius 1 is 1.31 bits per heavy atom. The summed E-state index contributed by atoms with van der Waals surface area (Å²) in [6, 6.07) is 9.55. The third-order valence-corrected chi connectivity index (χ3v) is 1.94. The van der Waals surface area contributed by atoms with Crippen molar-refractivity contribution in [1.82, 2.24) is 4.98 Å². The standard InChI is InChI=1S/C10H7N3/c11-5-9-10(12)8-4-2-1-3-7(8)6-13-9/h1-4,6H,12H2. The Balaban J connectivity index is 2.89. The number of aromatic nitrogens is 1. The molecular weight excluding hydrogens is 162 g/mol. The maximum Gasteiger partial charge on any atom is 0.164 e. The van der Waals surface area contributed by atoms with E-state index in [-0.39, 0.29) is 0 Å². The highest BCUT2D eigenvalue weighted by atomic mass is 14.7. The molecule has 0 amide bonds. The summed E-state index contributed by atoms with van der Waals surface area (Å²) in [5, 5.41) is 10.5. The molecular formula is C10H7N3. The van der Waals surface area contributed by atoms with Crippen molar-refractivity contribution in [1.29, 1.82) is 5.26 Å². The van der Waals surface area contributed by atoms with E-state index in [2.05, 4.69) is 4.98 Å². The summed E-state index contributed by atoms with van der Waals surface area (Å²) in [7, 11) is 0. The number of hydrogen-bond donors (Lipinski definition) is 1. The lowest BCUT2D eigenvalue weighted by Gasteiger charge is -2.01. The van der Waals surface area contributed by atoms with Crippen LogP contribution >= 0.6 is 0 Å². The number of benzene rings is 1. The number of nitrogens with two attached hydrogens (primary N) is 1. The molecule has 3 heteroatoms. The van der Waals surface area contributed by atoms with E-state index in [9.17, 15) is 0 Å². The van der Waals surface area contributed by atoms with Gasteiger partial charge in [-0.2, -0.15) is 5.26 Å². The van der Waals surface area contributed by atoms with Gasteiger partial charge in [0.2, 0.25) is 0 Å². The molecule has 1 heterocycles. The van der Waals surface area contributed by atoms with E-state index < -0.39 is 0 Å². The van der Waals surface area contributed by atoms with Crippen LogP contribution in [0.5, 0.6) is 0 Å². The fraction of sp³-hybridized carbons (Fsp3) is 0. The predicted molar refractivity (Wildman–Crippen MR) is 50.9 cm³/mol. The molecule has 0 bridgehead atoms. The van der Waals surface area contributed by atoms with Crippen molar-refractivity contribution in [3.05, 3.63) is 36.2 Å². The van der Waals surface area contributed by atoms with Crippen LogP contribution in [0.25, 0.3) is 10.8 Å². The van der Waals surface area contributed by atoms with Crippen LogP contribution in [-0.2, 0) is 0 Å². The van der Waals surface area contributed by atoms with Crippen LogP contribution in [0.1, 0.15) is 5.69 Å². The largest absolute Gasteiger partial charge is 0.396 e. The van der Waals surface area contributed by atoms with Crippen LogP contribution in [0.15, 0.2) is 30.5 Å². The van der Waals surface area contributed by atoms with Crippen LogP contribution in [0.2, 0.25) is 0 Å². The topological polar surface area (TPSA) is 62.7 Å². The lowest BCUT2D eigenvalue weighted by molar-refractivity contribution is 1.29. The molecule has 2 aromatic rings. The van der Waals surface area contributed by atoms with Gasteiger partial charge in [-0.05, 0) is 0 Å². The van der Waals surface area contributed by atoms with Crippen molar-refractivity contribution in [3.63, 3.8) is 0 Å². The first-order valence-electron chi connectivity index (χ1n) is 3.86. The maximum atomic E-state index is 8.69. The summed E-state index contributed by atoms with van der Waals surface area (Å²) in [6.07, 6.45) is 1.66. The molecule has 2 N–H and O–H groups in total. The molecule has 3 nitrogen and oxygen atoms in total. The summed E-state index contributed by atoms with van der Waals surface area (Å²) < 4.78 is 0. The number of nitriles is 1. The average molecular weight is 169 g/mol. The van der Waals surface area contributed by atoms with Crippen LogP contribution in [0, 0.1) is 11.3 Å². The van der Waals surface area contributed by atoms with Gasteiger partial charge >= 0.3 is 0 Å². The molecule has 0 radical (unpaired) electrons. The zero-order valence-corrected chi connectivity index (χ0v) is 6.86. The van der Waals surface area contributed by atoms with Gasteiger partial charge in [0.25, 0.3) is 0 Å². The van der Waals surface area contributed by atoms with E-state index in [0.29, 0.717) is 11.4 Å². The lowest BCUT2D eigenvalue weighted by atomic mass is 10.1. The molecule has 0 fully saturated rings. The van der Waals surface area contributed by atoms with Gasteiger partial charge in [0.1, 0.15) is 6.07 Å². The van der Waals surface area contributed by atoms with Gasteiger partial charge in [-0.15, -0.1) is 0 Å². The first-order chi connectivity index (χ1) is 6.33. The second kappa shape index (κ2) is 2.76. The Morgan fingerprint density at radius 2 is 2.08 bits per heavy atom. The molecule has 0 atom stereocenters. The highest BCUT2D eigenvalue weighted by molar-refractivity contribution is 5.93. The number of nitrogen functional groups attached to an aromatic ring is 1. The van der Waals surface area contributed by atoms with E-state index in [0.717, 1.165) is 10.8 Å². The molecule has 0 aliphatic carbocycles. The van der Waals surface area contributed by atoms with Gasteiger partial charge in [-0.3, -0.25) is 0 Å². The highest BCUT2D eigenvalue weighted by Crippen LogP contribution is 2.21. The third-order valence-electron chi connectivity index (χ3n) is 1.94. The first kappa shape index (κ1) is 7.56. The second-order valence-corrected chi connectivity index (χ2v) is 2.72. The monoisotopic (exact) mass is 169 g/mol. The zero-order chi connectivity index (χ0) is 9.26. The number of fused-ring (bicyclic) bond motifs is 1. The number of nitrogens with zero attached hydrogens (tertiary/aromatic N) is 2. The first-order valence-corrected chi connectivity index (χ1v) is 3.86. The molecule has 0 aliphatic rings. The summed E-state index contributed by atoms with van der Waals surface area (Å²) in [4.78, 5) is 3.94. The van der Waals surface area contributed by atoms with E-state index in [1.807, 2.05) is 30.3 Å². The van der Waals surface area contributed by atoms with Crippen molar-refractivity contribution < 1.29 is 0 Å². The van der Waals surface area contributed by atoms with Crippen molar-refractivity contribution in [2.24, 2.45) is 0 Å². The molecule has 0 saturated heterocycles. The van der Waals surface area contributed by atoms with Crippen LogP contribution in [0.4, 0.5) is 5.69 Å². The minimum Gasteiger partial charge on any atom is -0.396 e. The van der Waals surface area contributed by atoms with Crippen LogP contribution in [-0.4, -0.2) is 4.98 Å². The van der Waals surface area contributed by atoms with Crippen LogP contribution in [0.3, 0.4) is 0 Å². The summed E-state index contributed by atoms with van der Waals surface area (Å²) in [5.41, 5.74) is 6.49. The van der Waals surface area contributed by atoms with Gasteiger partial charge in [0, 0.05) is 17.0 Å². The Bertz CT molecular complexity index is 497. The molecule has 2 rings (SSSR count). The van der Waals surface area contributed by atoms with Gasteiger partial charge in [0.05, 0.1) is 5.69 Å². The third kappa shape index (κ3) is 1.09. The van der Waals surface area contributed by atoms with Gasteiger partial charge in [-0.25, -0.2) is 4.98 Å². The number of hydrogen-bond acceptors (Lipinski definition) is 3. The Hall–Kier alpha value is -2.08.